The van der Waals surface area contributed by atoms with Gasteiger partial charge in [-0.1, -0.05) is 0 Å². The number of carbonyl (C=O) groups excluding carboxylic acids is 1. The Bertz CT molecular complexity index is 1160. The van der Waals surface area contributed by atoms with E-state index in [0.29, 0.717) is 39.4 Å². The Hall–Kier alpha value is -3.72. The number of aromatic nitrogens is 1. The zero-order valence-electron chi connectivity index (χ0n) is 16.3. The molecular formula is C21H18N2O7. The highest BCUT2D eigenvalue weighted by atomic mass is 16.7. The Morgan fingerprint density at radius 2 is 2.10 bits per heavy atom. The molecule has 0 amide bonds. The van der Waals surface area contributed by atoms with E-state index in [9.17, 15) is 14.9 Å². The summed E-state index contributed by atoms with van der Waals surface area (Å²) in [6, 6.07) is 9.81. The second kappa shape index (κ2) is 7.96. The molecule has 1 aliphatic heterocycles. The Labute approximate surface area is 171 Å². The fourth-order valence-electron chi connectivity index (χ4n) is 3.29. The van der Waals surface area contributed by atoms with Gasteiger partial charge in [-0.15, -0.1) is 0 Å². The van der Waals surface area contributed by atoms with Crippen LogP contribution in [-0.2, 0) is 22.7 Å². The molecule has 0 saturated heterocycles. The summed E-state index contributed by atoms with van der Waals surface area (Å²) in [5.74, 6) is 0.536. The van der Waals surface area contributed by atoms with E-state index in [1.165, 1.54) is 12.1 Å². The van der Waals surface area contributed by atoms with Gasteiger partial charge in [0.1, 0.15) is 18.1 Å². The van der Waals surface area contributed by atoms with Gasteiger partial charge in [-0.25, -0.2) is 4.79 Å². The molecule has 4 rings (SSSR count). The summed E-state index contributed by atoms with van der Waals surface area (Å²) >= 11 is 0. The average molecular weight is 410 g/mol. The summed E-state index contributed by atoms with van der Waals surface area (Å²) < 4.78 is 21.3. The number of fused-ring (bicyclic) bond motifs is 2. The number of hydrogen-bond acceptors (Lipinski definition) is 8. The minimum Gasteiger partial charge on any atom is -0.497 e. The third kappa shape index (κ3) is 3.74. The third-order valence-electron chi connectivity index (χ3n) is 4.78. The lowest BCUT2D eigenvalue weighted by atomic mass is 10.1. The fraction of sp³-hybridized carbons (Fsp3) is 0.238. The molecule has 3 aromatic rings. The number of carbonyl (C=O) groups is 1. The molecule has 0 atom stereocenters. The summed E-state index contributed by atoms with van der Waals surface area (Å²) in [5.41, 5.74) is 2.35. The number of nitrogens with zero attached hydrogens (tertiary/aromatic N) is 2. The number of pyridine rings is 1. The number of esters is 1. The van der Waals surface area contributed by atoms with Gasteiger partial charge in [0, 0.05) is 34.7 Å². The van der Waals surface area contributed by atoms with Crippen molar-refractivity contribution in [1.82, 2.24) is 4.98 Å². The Morgan fingerprint density at radius 3 is 2.87 bits per heavy atom. The number of rotatable bonds is 5. The highest BCUT2D eigenvalue weighted by Crippen LogP contribution is 2.33. The van der Waals surface area contributed by atoms with Crippen LogP contribution in [0.3, 0.4) is 0 Å². The molecule has 30 heavy (non-hydrogen) atoms. The van der Waals surface area contributed by atoms with E-state index in [2.05, 4.69) is 4.98 Å². The lowest BCUT2D eigenvalue weighted by Crippen LogP contribution is -2.15. The Balaban J connectivity index is 1.60. The van der Waals surface area contributed by atoms with Crippen LogP contribution in [0.5, 0.6) is 11.5 Å². The van der Waals surface area contributed by atoms with Crippen LogP contribution in [-0.4, -0.2) is 29.8 Å². The molecule has 1 aromatic heterocycles. The minimum absolute atomic E-state index is 0.0307. The van der Waals surface area contributed by atoms with Gasteiger partial charge in [0.2, 0.25) is 0 Å². The molecule has 154 valence electrons. The third-order valence-corrected chi connectivity index (χ3v) is 4.78. The highest BCUT2D eigenvalue weighted by Gasteiger charge is 2.22. The molecule has 2 aromatic carbocycles. The molecular weight excluding hydrogens is 392 g/mol. The van der Waals surface area contributed by atoms with E-state index in [1.54, 1.807) is 32.2 Å². The standard InChI is InChI=1S/C21H18N2O7/c1-12-18(7-13-3-4-17(27-2)8-19(13)22-12)21(24)29-10-15-6-16(23(25)26)5-14-9-28-11-30-20(14)15/h3-8H,9-11H2,1-2H3. The summed E-state index contributed by atoms with van der Waals surface area (Å²) in [6.07, 6.45) is 0. The topological polar surface area (TPSA) is 110 Å². The second-order valence-electron chi connectivity index (χ2n) is 6.72. The molecule has 0 aliphatic carbocycles. The SMILES string of the molecule is COc1ccc2cc(C(=O)OCc3cc([N+](=O)[O-])cc4c3OCOC4)c(C)nc2c1. The first-order valence-electron chi connectivity index (χ1n) is 9.09. The lowest BCUT2D eigenvalue weighted by molar-refractivity contribution is -0.385. The van der Waals surface area contributed by atoms with E-state index in [-0.39, 0.29) is 25.7 Å². The van der Waals surface area contributed by atoms with Crippen LogP contribution in [0.4, 0.5) is 5.69 Å². The maximum atomic E-state index is 12.7. The van der Waals surface area contributed by atoms with Crippen molar-refractivity contribution < 1.29 is 28.7 Å². The maximum absolute atomic E-state index is 12.7. The molecule has 0 fully saturated rings. The van der Waals surface area contributed by atoms with Crippen LogP contribution in [0.25, 0.3) is 10.9 Å². The first-order valence-corrected chi connectivity index (χ1v) is 9.09. The van der Waals surface area contributed by atoms with E-state index in [1.807, 2.05) is 6.07 Å². The fourth-order valence-corrected chi connectivity index (χ4v) is 3.29. The van der Waals surface area contributed by atoms with Crippen LogP contribution >= 0.6 is 0 Å². The van der Waals surface area contributed by atoms with Gasteiger partial charge in [-0.05, 0) is 25.1 Å². The van der Waals surface area contributed by atoms with Gasteiger partial charge in [0.25, 0.3) is 5.69 Å². The lowest BCUT2D eigenvalue weighted by Gasteiger charge is -2.20. The molecule has 0 saturated carbocycles. The van der Waals surface area contributed by atoms with Crippen LogP contribution in [0.15, 0.2) is 36.4 Å². The minimum atomic E-state index is -0.579. The van der Waals surface area contributed by atoms with Gasteiger partial charge in [-0.2, -0.15) is 0 Å². The molecule has 9 heteroatoms. The van der Waals surface area contributed by atoms with Crippen molar-refractivity contribution in [2.75, 3.05) is 13.9 Å². The number of methoxy groups -OCH3 is 1. The summed E-state index contributed by atoms with van der Waals surface area (Å²) in [6.45, 7) is 1.76. The Kier molecular flexibility index (Phi) is 5.20. The van der Waals surface area contributed by atoms with E-state index < -0.39 is 10.9 Å². The molecule has 2 heterocycles. The van der Waals surface area contributed by atoms with Gasteiger partial charge < -0.3 is 18.9 Å². The first-order chi connectivity index (χ1) is 14.5. The van der Waals surface area contributed by atoms with Crippen molar-refractivity contribution in [2.24, 2.45) is 0 Å². The average Bonchev–Trinajstić information content (AvgIpc) is 2.76. The van der Waals surface area contributed by atoms with Crippen LogP contribution < -0.4 is 9.47 Å². The van der Waals surface area contributed by atoms with Crippen LogP contribution in [0, 0.1) is 17.0 Å². The normalized spacial score (nSPS) is 12.7. The number of hydrogen-bond donors (Lipinski definition) is 0. The summed E-state index contributed by atoms with van der Waals surface area (Å²) in [7, 11) is 1.57. The monoisotopic (exact) mass is 410 g/mol. The number of non-ortho nitro benzene ring substituents is 1. The van der Waals surface area contributed by atoms with Gasteiger partial charge >= 0.3 is 5.97 Å². The zero-order chi connectivity index (χ0) is 21.3. The smallest absolute Gasteiger partial charge is 0.340 e. The molecule has 0 unspecified atom stereocenters. The van der Waals surface area contributed by atoms with Gasteiger partial charge in [0.05, 0.1) is 35.4 Å². The largest absolute Gasteiger partial charge is 0.497 e. The molecule has 0 N–H and O–H groups in total. The van der Waals surface area contributed by atoms with Crippen molar-refractivity contribution in [3.8, 4) is 11.5 Å². The van der Waals surface area contributed by atoms with E-state index in [0.717, 1.165) is 5.39 Å². The predicted octanol–water partition coefficient (Wildman–Crippen LogP) is 3.68. The van der Waals surface area contributed by atoms with Crippen molar-refractivity contribution in [3.05, 3.63) is 68.9 Å². The zero-order valence-corrected chi connectivity index (χ0v) is 16.3. The highest BCUT2D eigenvalue weighted by molar-refractivity contribution is 5.95. The number of benzene rings is 2. The summed E-state index contributed by atoms with van der Waals surface area (Å²) in [5, 5.41) is 12.0. The van der Waals surface area contributed by atoms with Crippen molar-refractivity contribution in [3.63, 3.8) is 0 Å². The number of nitro benzene ring substituents is 1. The van der Waals surface area contributed by atoms with Crippen LogP contribution in [0.2, 0.25) is 0 Å². The van der Waals surface area contributed by atoms with Crippen molar-refractivity contribution in [2.45, 2.75) is 20.1 Å². The number of aryl methyl sites for hydroxylation is 1. The first kappa shape index (κ1) is 19.6. The molecule has 0 radical (unpaired) electrons. The molecule has 9 nitrogen and oxygen atoms in total. The Morgan fingerprint density at radius 1 is 1.27 bits per heavy atom. The predicted molar refractivity (Wildman–Crippen MR) is 106 cm³/mol. The van der Waals surface area contributed by atoms with Gasteiger partial charge in [-0.3, -0.25) is 15.1 Å². The molecule has 0 bridgehead atoms. The number of nitro groups is 1. The molecule has 0 spiro atoms. The van der Waals surface area contributed by atoms with Gasteiger partial charge in [0.15, 0.2) is 6.79 Å². The van der Waals surface area contributed by atoms with Crippen LogP contribution in [0.1, 0.15) is 27.2 Å². The second-order valence-corrected chi connectivity index (χ2v) is 6.72. The maximum Gasteiger partial charge on any atom is 0.340 e. The number of ether oxygens (including phenoxy) is 4. The quantitative estimate of drug-likeness (QED) is 0.356. The van der Waals surface area contributed by atoms with Crippen molar-refractivity contribution in [1.29, 1.82) is 0 Å². The van der Waals surface area contributed by atoms with E-state index in [4.69, 9.17) is 18.9 Å². The van der Waals surface area contributed by atoms with Crippen molar-refractivity contribution >= 4 is 22.6 Å². The summed E-state index contributed by atoms with van der Waals surface area (Å²) in [4.78, 5) is 27.9. The molecule has 1 aliphatic rings. The van der Waals surface area contributed by atoms with E-state index >= 15 is 0 Å².